The minimum absolute atomic E-state index is 0.101. The van der Waals surface area contributed by atoms with Gasteiger partial charge in [-0.15, -0.1) is 0 Å². The van der Waals surface area contributed by atoms with Crippen LogP contribution in [-0.2, 0) is 16.0 Å². The minimum Gasteiger partial charge on any atom is -0.354 e. The van der Waals surface area contributed by atoms with Gasteiger partial charge in [-0.2, -0.15) is 0 Å². The number of fused-ring (bicyclic) bond motifs is 1. The van der Waals surface area contributed by atoms with Crippen molar-refractivity contribution in [3.8, 4) is 0 Å². The molecule has 1 N–H and O–H groups in total. The lowest BCUT2D eigenvalue weighted by Crippen LogP contribution is -2.49. The Labute approximate surface area is 149 Å². The van der Waals surface area contributed by atoms with Crippen LogP contribution in [0.5, 0.6) is 0 Å². The Balaban J connectivity index is 1.81. The number of carbonyl (C=O) groups excluding carboxylic acids is 2. The predicted octanol–water partition coefficient (Wildman–Crippen LogP) is 1.06. The summed E-state index contributed by atoms with van der Waals surface area (Å²) in [6.07, 6.45) is 4.55. The summed E-state index contributed by atoms with van der Waals surface area (Å²) >= 11 is 0. The molecule has 2 amide bonds. The first-order chi connectivity index (χ1) is 11.9. The maximum Gasteiger partial charge on any atom is 0.241 e. The van der Waals surface area contributed by atoms with E-state index in [9.17, 15) is 9.59 Å². The molecule has 0 radical (unpaired) electrons. The Hall–Kier alpha value is -1.89. The fourth-order valence-corrected chi connectivity index (χ4v) is 3.28. The number of hydrogen-bond donors (Lipinski definition) is 1. The molecule has 1 aliphatic carbocycles. The van der Waals surface area contributed by atoms with Gasteiger partial charge in [-0.1, -0.05) is 0 Å². The molecule has 0 unspecified atom stereocenters. The summed E-state index contributed by atoms with van der Waals surface area (Å²) in [6, 6.07) is 0.254. The maximum absolute atomic E-state index is 13.0. The molecular formula is C18H29N5O2. The van der Waals surface area contributed by atoms with Crippen LogP contribution in [-0.4, -0.2) is 60.0 Å². The molecule has 0 saturated heterocycles. The monoisotopic (exact) mass is 347 g/mol. The third kappa shape index (κ3) is 3.86. The van der Waals surface area contributed by atoms with Crippen molar-refractivity contribution < 1.29 is 9.59 Å². The quantitative estimate of drug-likeness (QED) is 0.749. The first kappa shape index (κ1) is 17.9. The van der Waals surface area contributed by atoms with Crippen LogP contribution in [0.15, 0.2) is 6.33 Å². The Morgan fingerprint density at radius 1 is 1.40 bits per heavy atom. The van der Waals surface area contributed by atoms with E-state index in [1.165, 1.54) is 0 Å². The van der Waals surface area contributed by atoms with Crippen LogP contribution in [0, 0.1) is 11.8 Å². The van der Waals surface area contributed by atoms with E-state index in [0.29, 0.717) is 25.4 Å². The van der Waals surface area contributed by atoms with Crippen molar-refractivity contribution in [1.29, 1.82) is 0 Å². The first-order valence-corrected chi connectivity index (χ1v) is 9.18. The Bertz CT molecular complexity index is 648. The highest BCUT2D eigenvalue weighted by Gasteiger charge is 2.42. The van der Waals surface area contributed by atoms with Gasteiger partial charge in [0.15, 0.2) is 5.82 Å². The molecule has 3 rings (SSSR count). The molecule has 2 aliphatic rings. The zero-order valence-corrected chi connectivity index (χ0v) is 15.7. The van der Waals surface area contributed by atoms with Crippen molar-refractivity contribution in [2.75, 3.05) is 38.6 Å². The van der Waals surface area contributed by atoms with Crippen LogP contribution in [0.4, 0.5) is 5.82 Å². The number of imidazole rings is 1. The van der Waals surface area contributed by atoms with E-state index in [-0.39, 0.29) is 17.9 Å². The molecule has 25 heavy (non-hydrogen) atoms. The van der Waals surface area contributed by atoms with Crippen molar-refractivity contribution in [2.45, 2.75) is 39.2 Å². The Morgan fingerprint density at radius 3 is 2.72 bits per heavy atom. The van der Waals surface area contributed by atoms with E-state index in [4.69, 9.17) is 0 Å². The van der Waals surface area contributed by atoms with Crippen molar-refractivity contribution in [1.82, 2.24) is 19.8 Å². The molecule has 0 bridgehead atoms. The smallest absolute Gasteiger partial charge is 0.241 e. The van der Waals surface area contributed by atoms with Crippen LogP contribution in [0.25, 0.3) is 0 Å². The van der Waals surface area contributed by atoms with Crippen LogP contribution >= 0.6 is 0 Å². The van der Waals surface area contributed by atoms with E-state index in [1.54, 1.807) is 11.2 Å². The van der Waals surface area contributed by atoms with Crippen LogP contribution in [0.3, 0.4) is 0 Å². The van der Waals surface area contributed by atoms with Crippen LogP contribution in [0.1, 0.15) is 38.4 Å². The molecule has 1 fully saturated rings. The number of amides is 2. The van der Waals surface area contributed by atoms with E-state index in [0.717, 1.165) is 30.9 Å². The van der Waals surface area contributed by atoms with Crippen LogP contribution in [0.2, 0.25) is 0 Å². The summed E-state index contributed by atoms with van der Waals surface area (Å²) < 4.78 is 2.09. The Kier molecular flexibility index (Phi) is 5.13. The van der Waals surface area contributed by atoms with E-state index < -0.39 is 5.92 Å². The highest BCUT2D eigenvalue weighted by Crippen LogP contribution is 2.36. The number of carbonyl (C=O) groups is 2. The van der Waals surface area contributed by atoms with Gasteiger partial charge in [0, 0.05) is 32.1 Å². The summed E-state index contributed by atoms with van der Waals surface area (Å²) in [5, 5.41) is 2.92. The molecule has 138 valence electrons. The van der Waals surface area contributed by atoms with E-state index in [1.807, 2.05) is 19.0 Å². The number of anilines is 1. The average molecular weight is 347 g/mol. The number of aromatic nitrogens is 2. The number of rotatable bonds is 7. The second-order valence-electron chi connectivity index (χ2n) is 7.76. The van der Waals surface area contributed by atoms with Gasteiger partial charge in [0.05, 0.1) is 12.0 Å². The highest BCUT2D eigenvalue weighted by molar-refractivity contribution is 6.09. The fraction of sp³-hybridized carbons (Fsp3) is 0.722. The number of likely N-dealkylation sites (N-methyl/N-ethyl adjacent to an activating group) is 1. The highest BCUT2D eigenvalue weighted by atomic mass is 16.2. The van der Waals surface area contributed by atoms with Crippen LogP contribution < -0.4 is 10.2 Å². The molecular weight excluding hydrogens is 318 g/mol. The average Bonchev–Trinajstić information content (AvgIpc) is 3.25. The lowest BCUT2D eigenvalue weighted by atomic mass is 9.95. The van der Waals surface area contributed by atoms with Gasteiger partial charge in [-0.25, -0.2) is 4.98 Å². The fourth-order valence-electron chi connectivity index (χ4n) is 3.28. The topological polar surface area (TPSA) is 70.5 Å². The largest absolute Gasteiger partial charge is 0.354 e. The van der Waals surface area contributed by atoms with Crippen molar-refractivity contribution >= 4 is 17.6 Å². The Morgan fingerprint density at radius 2 is 2.12 bits per heavy atom. The van der Waals surface area contributed by atoms with Gasteiger partial charge in [0.2, 0.25) is 11.8 Å². The predicted molar refractivity (Wildman–Crippen MR) is 96.4 cm³/mol. The summed E-state index contributed by atoms with van der Waals surface area (Å²) in [5.41, 5.74) is 1.00. The molecule has 7 nitrogen and oxygen atoms in total. The molecule has 1 saturated carbocycles. The molecule has 7 heteroatoms. The molecule has 1 aliphatic heterocycles. The van der Waals surface area contributed by atoms with Crippen molar-refractivity contribution in [2.24, 2.45) is 11.8 Å². The van der Waals surface area contributed by atoms with Gasteiger partial charge < -0.3 is 14.8 Å². The molecule has 1 atom stereocenters. The van der Waals surface area contributed by atoms with Gasteiger partial charge in [-0.05, 0) is 46.7 Å². The second kappa shape index (κ2) is 7.15. The third-order valence-corrected chi connectivity index (χ3v) is 4.96. The molecule has 1 aromatic rings. The number of hydrogen-bond acceptors (Lipinski definition) is 4. The third-order valence-electron chi connectivity index (χ3n) is 4.96. The van der Waals surface area contributed by atoms with E-state index >= 15 is 0 Å². The maximum atomic E-state index is 13.0. The van der Waals surface area contributed by atoms with Crippen molar-refractivity contribution in [3.05, 3.63) is 12.0 Å². The van der Waals surface area contributed by atoms with E-state index in [2.05, 4.69) is 28.7 Å². The van der Waals surface area contributed by atoms with Crippen molar-refractivity contribution in [3.63, 3.8) is 0 Å². The zero-order valence-electron chi connectivity index (χ0n) is 15.7. The lowest BCUT2D eigenvalue weighted by Gasteiger charge is -2.32. The SMILES string of the molecule is CC(C)n1cnc2c1C[C@H](C(=O)NCCN(C)C)C(=O)N2CC1CC1. The summed E-state index contributed by atoms with van der Waals surface area (Å²) in [5.74, 6) is 0.382. The molecule has 2 heterocycles. The zero-order chi connectivity index (χ0) is 18.1. The number of nitrogens with one attached hydrogen (secondary N) is 1. The molecule has 0 aromatic carbocycles. The lowest BCUT2D eigenvalue weighted by molar-refractivity contribution is -0.134. The normalized spacial score (nSPS) is 20.3. The molecule has 1 aromatic heterocycles. The first-order valence-electron chi connectivity index (χ1n) is 9.18. The van der Waals surface area contributed by atoms with Gasteiger partial charge in [0.25, 0.3) is 0 Å². The summed E-state index contributed by atoms with van der Waals surface area (Å²) in [6.45, 7) is 6.18. The second-order valence-corrected chi connectivity index (χ2v) is 7.76. The summed E-state index contributed by atoms with van der Waals surface area (Å²) in [4.78, 5) is 33.9. The molecule has 0 spiro atoms. The van der Waals surface area contributed by atoms with Gasteiger partial charge in [-0.3, -0.25) is 14.5 Å². The minimum atomic E-state index is -0.650. The van der Waals surface area contributed by atoms with Gasteiger partial charge >= 0.3 is 0 Å². The summed E-state index contributed by atoms with van der Waals surface area (Å²) in [7, 11) is 3.92. The number of nitrogens with zero attached hydrogens (tertiary/aromatic N) is 4. The standard InChI is InChI=1S/C18H29N5O2/c1-12(2)23-11-20-16-15(23)9-14(17(24)19-7-8-21(3)4)18(25)22(16)10-13-5-6-13/h11-14H,5-10H2,1-4H3,(H,19,24)/t14-/m1/s1. The van der Waals surface area contributed by atoms with Gasteiger partial charge in [0.1, 0.15) is 5.92 Å².